The molecule has 0 fully saturated rings. The summed E-state index contributed by atoms with van der Waals surface area (Å²) < 4.78 is 83.8. The maximum atomic E-state index is 12.4. The monoisotopic (exact) mass is 448 g/mol. The van der Waals surface area contributed by atoms with Crippen molar-refractivity contribution in [2.75, 3.05) is 13.2 Å². The highest BCUT2D eigenvalue weighted by Crippen LogP contribution is 2.28. The summed E-state index contributed by atoms with van der Waals surface area (Å²) in [6.07, 6.45) is -0.621. The third kappa shape index (κ3) is 18.0. The number of allylic oxidation sites excluding steroid dienone is 2. The second-order valence-corrected chi connectivity index (χ2v) is 8.85. The van der Waals surface area contributed by atoms with Crippen LogP contribution in [0.3, 0.4) is 0 Å². The molecule has 0 amide bonds. The maximum absolute atomic E-state index is 12.4. The molecule has 0 bridgehead atoms. The molecule has 30 heavy (non-hydrogen) atoms. The summed E-state index contributed by atoms with van der Waals surface area (Å²) in [5.41, 5.74) is 1.07. The summed E-state index contributed by atoms with van der Waals surface area (Å²) in [4.78, 5) is 0. The minimum Gasteiger partial charge on any atom is -0.341 e. The van der Waals surface area contributed by atoms with Crippen LogP contribution in [0.4, 0.5) is 26.3 Å². The fourth-order valence-electron chi connectivity index (χ4n) is 3.09. The molecule has 0 spiro atoms. The van der Waals surface area contributed by atoms with Gasteiger partial charge in [-0.1, -0.05) is 58.1 Å². The quantitative estimate of drug-likeness (QED) is 0.143. The van der Waals surface area contributed by atoms with Gasteiger partial charge in [0.15, 0.2) is 5.79 Å². The summed E-state index contributed by atoms with van der Waals surface area (Å²) in [7, 11) is 0. The van der Waals surface area contributed by atoms with Crippen molar-refractivity contribution in [3.8, 4) is 0 Å². The van der Waals surface area contributed by atoms with E-state index >= 15 is 0 Å². The zero-order valence-corrected chi connectivity index (χ0v) is 18.9. The van der Waals surface area contributed by atoms with Crippen molar-refractivity contribution in [1.82, 2.24) is 0 Å². The second-order valence-electron chi connectivity index (χ2n) is 8.85. The van der Waals surface area contributed by atoms with Gasteiger partial charge in [0.25, 0.3) is 0 Å². The molecule has 0 aliphatic rings. The van der Waals surface area contributed by atoms with Crippen molar-refractivity contribution in [3.63, 3.8) is 0 Å². The van der Waals surface area contributed by atoms with Gasteiger partial charge >= 0.3 is 12.4 Å². The van der Waals surface area contributed by atoms with Crippen molar-refractivity contribution in [2.24, 2.45) is 11.8 Å². The number of halogens is 6. The Morgan fingerprint density at radius 1 is 0.833 bits per heavy atom. The SMILES string of the molecule is CC(=CCCC(C)(OCC(F)(F)F)OCC(F)(F)F)CCC[C@H](C)CCCC(C)C. The van der Waals surface area contributed by atoms with Crippen LogP contribution in [0.2, 0.25) is 0 Å². The fraction of sp³-hybridized carbons (Fsp3) is 0.909. The van der Waals surface area contributed by atoms with Gasteiger partial charge < -0.3 is 9.47 Å². The van der Waals surface area contributed by atoms with Crippen molar-refractivity contribution in [1.29, 1.82) is 0 Å². The first kappa shape index (κ1) is 29.2. The smallest absolute Gasteiger partial charge is 0.341 e. The van der Waals surface area contributed by atoms with Crippen molar-refractivity contribution in [3.05, 3.63) is 11.6 Å². The Hall–Kier alpha value is -0.760. The molecule has 2 nitrogen and oxygen atoms in total. The Morgan fingerprint density at radius 3 is 1.80 bits per heavy atom. The Balaban J connectivity index is 4.44. The molecular formula is C22H38F6O2. The lowest BCUT2D eigenvalue weighted by atomic mass is 9.94. The molecule has 0 rings (SSSR count). The molecule has 0 aromatic rings. The van der Waals surface area contributed by atoms with Crippen LogP contribution in [0.15, 0.2) is 11.6 Å². The Kier molecular flexibility index (Phi) is 13.3. The molecule has 0 unspecified atom stereocenters. The van der Waals surface area contributed by atoms with E-state index in [1.54, 1.807) is 0 Å². The van der Waals surface area contributed by atoms with Crippen molar-refractivity contribution >= 4 is 0 Å². The van der Waals surface area contributed by atoms with E-state index in [0.717, 1.165) is 31.8 Å². The number of rotatable bonds is 15. The third-order valence-electron chi connectivity index (χ3n) is 4.92. The van der Waals surface area contributed by atoms with Crippen LogP contribution in [0.5, 0.6) is 0 Å². The molecule has 0 aliphatic heterocycles. The average molecular weight is 449 g/mol. The van der Waals surface area contributed by atoms with Gasteiger partial charge in [0.1, 0.15) is 13.2 Å². The molecule has 8 heteroatoms. The zero-order valence-electron chi connectivity index (χ0n) is 18.9. The van der Waals surface area contributed by atoms with Crippen molar-refractivity contribution in [2.45, 2.75) is 104 Å². The highest BCUT2D eigenvalue weighted by Gasteiger charge is 2.38. The molecule has 0 saturated carbocycles. The number of hydrogen-bond donors (Lipinski definition) is 0. The van der Waals surface area contributed by atoms with E-state index in [-0.39, 0.29) is 12.8 Å². The average Bonchev–Trinajstić information content (AvgIpc) is 2.57. The standard InChI is InChI=1S/C22H38F6O2/c1-17(2)9-6-10-18(3)11-7-12-19(4)13-8-14-20(5,29-15-21(23,24)25)30-16-22(26,27)28/h13,17-18H,6-12,14-16H2,1-5H3/t18-/m1/s1. The summed E-state index contributed by atoms with van der Waals surface area (Å²) in [6, 6.07) is 0. The van der Waals surface area contributed by atoms with Crippen LogP contribution in [-0.2, 0) is 9.47 Å². The lowest BCUT2D eigenvalue weighted by Crippen LogP contribution is -2.39. The van der Waals surface area contributed by atoms with E-state index < -0.39 is 31.4 Å². The molecule has 0 saturated heterocycles. The van der Waals surface area contributed by atoms with Crippen LogP contribution in [0.1, 0.15) is 86.0 Å². The van der Waals surface area contributed by atoms with Gasteiger partial charge in [-0.05, 0) is 44.9 Å². The van der Waals surface area contributed by atoms with Crippen LogP contribution < -0.4 is 0 Å². The van der Waals surface area contributed by atoms with Gasteiger partial charge in [-0.2, -0.15) is 26.3 Å². The lowest BCUT2D eigenvalue weighted by Gasteiger charge is -2.30. The zero-order chi connectivity index (χ0) is 23.4. The number of hydrogen-bond acceptors (Lipinski definition) is 2. The molecule has 1 atom stereocenters. The number of alkyl halides is 6. The largest absolute Gasteiger partial charge is 0.411 e. The molecule has 0 heterocycles. The topological polar surface area (TPSA) is 18.5 Å². The Bertz CT molecular complexity index is 465. The molecular weight excluding hydrogens is 410 g/mol. The van der Waals surface area contributed by atoms with Gasteiger partial charge in [0.05, 0.1) is 0 Å². The Labute approximate surface area is 177 Å². The predicted octanol–water partition coefficient (Wildman–Crippen LogP) is 8.22. The summed E-state index contributed by atoms with van der Waals surface area (Å²) in [5, 5.41) is 0. The molecule has 180 valence electrons. The molecule has 0 aromatic carbocycles. The first-order chi connectivity index (χ1) is 13.6. The number of ether oxygens (including phenoxy) is 2. The predicted molar refractivity (Wildman–Crippen MR) is 107 cm³/mol. The van der Waals surface area contributed by atoms with Crippen LogP contribution in [-0.4, -0.2) is 31.4 Å². The highest BCUT2D eigenvalue weighted by atomic mass is 19.4. The van der Waals surface area contributed by atoms with E-state index in [4.69, 9.17) is 0 Å². The first-order valence-corrected chi connectivity index (χ1v) is 10.7. The van der Waals surface area contributed by atoms with E-state index in [9.17, 15) is 26.3 Å². The highest BCUT2D eigenvalue weighted by molar-refractivity contribution is 4.98. The van der Waals surface area contributed by atoms with E-state index in [2.05, 4.69) is 30.2 Å². The van der Waals surface area contributed by atoms with Gasteiger partial charge in [-0.3, -0.25) is 0 Å². The summed E-state index contributed by atoms with van der Waals surface area (Å²) in [5.74, 6) is -0.591. The van der Waals surface area contributed by atoms with Crippen molar-refractivity contribution < 1.29 is 35.8 Å². The van der Waals surface area contributed by atoms with Crippen LogP contribution in [0, 0.1) is 11.8 Å². The van der Waals surface area contributed by atoms with Gasteiger partial charge in [-0.25, -0.2) is 0 Å². The minimum atomic E-state index is -4.64. The van der Waals surface area contributed by atoms with E-state index in [1.165, 1.54) is 19.3 Å². The third-order valence-corrected chi connectivity index (χ3v) is 4.92. The summed E-state index contributed by atoms with van der Waals surface area (Å²) in [6.45, 7) is 6.40. The molecule has 0 aliphatic carbocycles. The normalized spacial score (nSPS) is 15.1. The van der Waals surface area contributed by atoms with Crippen LogP contribution in [0.25, 0.3) is 0 Å². The minimum absolute atomic E-state index is 0.0951. The molecule has 0 aromatic heterocycles. The summed E-state index contributed by atoms with van der Waals surface area (Å²) >= 11 is 0. The van der Waals surface area contributed by atoms with Gasteiger partial charge in [-0.15, -0.1) is 0 Å². The van der Waals surface area contributed by atoms with E-state index in [0.29, 0.717) is 11.8 Å². The van der Waals surface area contributed by atoms with Gasteiger partial charge in [0.2, 0.25) is 0 Å². The maximum Gasteiger partial charge on any atom is 0.411 e. The second kappa shape index (κ2) is 13.6. The van der Waals surface area contributed by atoms with E-state index in [1.807, 2.05) is 13.0 Å². The first-order valence-electron chi connectivity index (χ1n) is 10.7. The molecule has 0 radical (unpaired) electrons. The molecule has 0 N–H and O–H groups in total. The van der Waals surface area contributed by atoms with Gasteiger partial charge in [0, 0.05) is 6.42 Å². The lowest BCUT2D eigenvalue weighted by molar-refractivity contribution is -0.305. The van der Waals surface area contributed by atoms with Crippen LogP contribution >= 0.6 is 0 Å². The Morgan fingerprint density at radius 2 is 1.33 bits per heavy atom. The fourth-order valence-corrected chi connectivity index (χ4v) is 3.09.